The summed E-state index contributed by atoms with van der Waals surface area (Å²) in [5.41, 5.74) is 2.71. The molecule has 16 heavy (non-hydrogen) atoms. The Kier molecular flexibility index (Phi) is 3.31. The Morgan fingerprint density at radius 2 is 2.31 bits per heavy atom. The van der Waals surface area contributed by atoms with Gasteiger partial charge < -0.3 is 10.4 Å². The lowest BCUT2D eigenvalue weighted by atomic mass is 9.89. The molecule has 1 heterocycles. The summed E-state index contributed by atoms with van der Waals surface area (Å²) in [6.45, 7) is 5.21. The molecule has 1 saturated heterocycles. The van der Waals surface area contributed by atoms with Crippen LogP contribution in [0.4, 0.5) is 0 Å². The molecule has 0 radical (unpaired) electrons. The Labute approximate surface area is 97.7 Å². The second-order valence-corrected chi connectivity index (χ2v) is 5.12. The van der Waals surface area contributed by atoms with Crippen LogP contribution < -0.4 is 5.32 Å². The first-order chi connectivity index (χ1) is 7.60. The van der Waals surface area contributed by atoms with Crippen molar-refractivity contribution in [1.29, 1.82) is 0 Å². The molecule has 0 aromatic heterocycles. The summed E-state index contributed by atoms with van der Waals surface area (Å²) in [5, 5.41) is 13.0. The van der Waals surface area contributed by atoms with Gasteiger partial charge in [-0.15, -0.1) is 0 Å². The summed E-state index contributed by atoms with van der Waals surface area (Å²) >= 11 is 0. The van der Waals surface area contributed by atoms with E-state index in [0.717, 1.165) is 13.0 Å². The number of aliphatic hydroxyl groups excluding tert-OH is 1. The summed E-state index contributed by atoms with van der Waals surface area (Å²) in [6.07, 6.45) is 2.92. The van der Waals surface area contributed by atoms with Gasteiger partial charge in [0.15, 0.2) is 0 Å². The second-order valence-electron chi connectivity index (χ2n) is 5.12. The summed E-state index contributed by atoms with van der Waals surface area (Å²) in [7, 11) is 0. The Morgan fingerprint density at radius 3 is 2.94 bits per heavy atom. The number of hydrogen-bond donors (Lipinski definition) is 2. The van der Waals surface area contributed by atoms with E-state index < -0.39 is 0 Å². The quantitative estimate of drug-likeness (QED) is 0.817. The zero-order valence-electron chi connectivity index (χ0n) is 10.2. The van der Waals surface area contributed by atoms with Gasteiger partial charge in [-0.1, -0.05) is 24.3 Å². The van der Waals surface area contributed by atoms with E-state index in [2.05, 4.69) is 36.5 Å². The van der Waals surface area contributed by atoms with Crippen LogP contribution in [0.2, 0.25) is 0 Å². The molecule has 1 aliphatic rings. The van der Waals surface area contributed by atoms with Crippen molar-refractivity contribution in [2.75, 3.05) is 6.54 Å². The minimum Gasteiger partial charge on any atom is -0.393 e. The monoisotopic (exact) mass is 219 g/mol. The maximum atomic E-state index is 9.41. The van der Waals surface area contributed by atoms with Crippen molar-refractivity contribution in [2.45, 2.75) is 44.8 Å². The lowest BCUT2D eigenvalue weighted by Crippen LogP contribution is -2.33. The second kappa shape index (κ2) is 4.56. The molecule has 1 aliphatic heterocycles. The Balaban J connectivity index is 2.21. The highest BCUT2D eigenvalue weighted by molar-refractivity contribution is 5.30. The summed E-state index contributed by atoms with van der Waals surface area (Å²) < 4.78 is 0. The lowest BCUT2D eigenvalue weighted by Gasteiger charge is -2.25. The van der Waals surface area contributed by atoms with E-state index in [1.165, 1.54) is 24.0 Å². The van der Waals surface area contributed by atoms with Crippen molar-refractivity contribution in [2.24, 2.45) is 0 Å². The minimum absolute atomic E-state index is 0.134. The zero-order chi connectivity index (χ0) is 11.6. The molecule has 0 bridgehead atoms. The fraction of sp³-hybridized carbons (Fsp3) is 0.571. The van der Waals surface area contributed by atoms with Crippen LogP contribution in [0.3, 0.4) is 0 Å². The van der Waals surface area contributed by atoms with E-state index in [4.69, 9.17) is 0 Å². The van der Waals surface area contributed by atoms with Gasteiger partial charge in [0.2, 0.25) is 0 Å². The fourth-order valence-electron chi connectivity index (χ4n) is 2.52. The van der Waals surface area contributed by atoms with Gasteiger partial charge in [0, 0.05) is 5.54 Å². The zero-order valence-corrected chi connectivity index (χ0v) is 10.2. The van der Waals surface area contributed by atoms with E-state index in [9.17, 15) is 5.11 Å². The van der Waals surface area contributed by atoms with Gasteiger partial charge in [0.05, 0.1) is 6.10 Å². The van der Waals surface area contributed by atoms with Crippen LogP contribution in [0.15, 0.2) is 24.3 Å². The molecule has 2 atom stereocenters. The molecule has 1 fully saturated rings. The SMILES string of the molecule is CC(O)Cc1cccc(C2(C)CCCN2)c1. The summed E-state index contributed by atoms with van der Waals surface area (Å²) in [6, 6.07) is 8.60. The molecule has 1 aromatic carbocycles. The fourth-order valence-corrected chi connectivity index (χ4v) is 2.52. The van der Waals surface area contributed by atoms with E-state index in [-0.39, 0.29) is 11.6 Å². The molecule has 88 valence electrons. The molecule has 2 unspecified atom stereocenters. The topological polar surface area (TPSA) is 32.3 Å². The van der Waals surface area contributed by atoms with Gasteiger partial charge in [-0.2, -0.15) is 0 Å². The first-order valence-electron chi connectivity index (χ1n) is 6.13. The maximum absolute atomic E-state index is 9.41. The molecule has 0 amide bonds. The van der Waals surface area contributed by atoms with Crippen molar-refractivity contribution in [1.82, 2.24) is 5.32 Å². The van der Waals surface area contributed by atoms with Gasteiger partial charge in [0.1, 0.15) is 0 Å². The molecule has 2 N–H and O–H groups in total. The third-order valence-corrected chi connectivity index (χ3v) is 3.46. The normalized spacial score (nSPS) is 26.9. The molecule has 0 saturated carbocycles. The van der Waals surface area contributed by atoms with Crippen molar-refractivity contribution in [3.8, 4) is 0 Å². The summed E-state index contributed by atoms with van der Waals surface area (Å²) in [5.74, 6) is 0. The van der Waals surface area contributed by atoms with Crippen LogP contribution in [0.5, 0.6) is 0 Å². The average molecular weight is 219 g/mol. The molecule has 2 heteroatoms. The molecule has 1 aromatic rings. The van der Waals surface area contributed by atoms with Gasteiger partial charge in [-0.3, -0.25) is 0 Å². The Morgan fingerprint density at radius 1 is 1.50 bits per heavy atom. The number of nitrogens with one attached hydrogen (secondary N) is 1. The number of benzene rings is 1. The largest absolute Gasteiger partial charge is 0.393 e. The van der Waals surface area contributed by atoms with E-state index >= 15 is 0 Å². The van der Waals surface area contributed by atoms with E-state index in [1.54, 1.807) is 0 Å². The first kappa shape index (κ1) is 11.6. The smallest absolute Gasteiger partial charge is 0.0552 e. The van der Waals surface area contributed by atoms with Crippen LogP contribution in [-0.4, -0.2) is 17.8 Å². The third kappa shape index (κ3) is 2.45. The highest BCUT2D eigenvalue weighted by atomic mass is 16.3. The molecule has 2 rings (SSSR count). The molecule has 2 nitrogen and oxygen atoms in total. The van der Waals surface area contributed by atoms with E-state index in [0.29, 0.717) is 0 Å². The predicted molar refractivity (Wildman–Crippen MR) is 66.4 cm³/mol. The Bertz CT molecular complexity index is 354. The minimum atomic E-state index is -0.264. The predicted octanol–water partition coefficient (Wildman–Crippen LogP) is 2.21. The standard InChI is InChI=1S/C14H21NO/c1-11(16)9-12-5-3-6-13(10-12)14(2)7-4-8-15-14/h3,5-6,10-11,15-16H,4,7-9H2,1-2H3. The number of rotatable bonds is 3. The van der Waals surface area contributed by atoms with Gasteiger partial charge in [-0.25, -0.2) is 0 Å². The van der Waals surface area contributed by atoms with Gasteiger partial charge in [0.25, 0.3) is 0 Å². The van der Waals surface area contributed by atoms with Crippen molar-refractivity contribution < 1.29 is 5.11 Å². The Hall–Kier alpha value is -0.860. The highest BCUT2D eigenvalue weighted by Crippen LogP contribution is 2.30. The third-order valence-electron chi connectivity index (χ3n) is 3.46. The number of aliphatic hydroxyl groups is 1. The molecule has 0 spiro atoms. The molecule has 0 aliphatic carbocycles. The average Bonchev–Trinajstić information content (AvgIpc) is 2.66. The van der Waals surface area contributed by atoms with Crippen molar-refractivity contribution >= 4 is 0 Å². The van der Waals surface area contributed by atoms with Crippen LogP contribution in [0.1, 0.15) is 37.8 Å². The first-order valence-corrected chi connectivity index (χ1v) is 6.13. The number of hydrogen-bond acceptors (Lipinski definition) is 2. The molecular formula is C14H21NO. The van der Waals surface area contributed by atoms with Crippen LogP contribution in [0.25, 0.3) is 0 Å². The van der Waals surface area contributed by atoms with Gasteiger partial charge >= 0.3 is 0 Å². The summed E-state index contributed by atoms with van der Waals surface area (Å²) in [4.78, 5) is 0. The maximum Gasteiger partial charge on any atom is 0.0552 e. The van der Waals surface area contributed by atoms with Crippen LogP contribution in [0, 0.1) is 0 Å². The van der Waals surface area contributed by atoms with E-state index in [1.807, 2.05) is 6.92 Å². The molecular weight excluding hydrogens is 198 g/mol. The van der Waals surface area contributed by atoms with Crippen LogP contribution in [-0.2, 0) is 12.0 Å². The van der Waals surface area contributed by atoms with Crippen LogP contribution >= 0.6 is 0 Å². The van der Waals surface area contributed by atoms with Gasteiger partial charge in [-0.05, 0) is 50.8 Å². The van der Waals surface area contributed by atoms with Crippen molar-refractivity contribution in [3.05, 3.63) is 35.4 Å². The van der Waals surface area contributed by atoms with Crippen molar-refractivity contribution in [3.63, 3.8) is 0 Å². The lowest BCUT2D eigenvalue weighted by molar-refractivity contribution is 0.195. The highest BCUT2D eigenvalue weighted by Gasteiger charge is 2.29.